The largest absolute Gasteiger partial charge is 0.345 e. The number of aromatic amines is 1. The number of likely N-dealkylation sites (tertiary alicyclic amines) is 1. The van der Waals surface area contributed by atoms with Gasteiger partial charge in [0.05, 0.1) is 12.7 Å². The van der Waals surface area contributed by atoms with Gasteiger partial charge in [0.15, 0.2) is 0 Å². The minimum Gasteiger partial charge on any atom is -0.345 e. The monoisotopic (exact) mass is 350 g/mol. The van der Waals surface area contributed by atoms with Crippen LogP contribution in [0.15, 0.2) is 36.7 Å². The number of rotatable bonds is 5. The highest BCUT2D eigenvalue weighted by Gasteiger charge is 2.21. The van der Waals surface area contributed by atoms with Crippen molar-refractivity contribution in [1.29, 1.82) is 0 Å². The molecular formula is C20H26N6. The molecule has 1 fully saturated rings. The van der Waals surface area contributed by atoms with E-state index in [2.05, 4.69) is 62.6 Å². The number of nitrogens with zero attached hydrogens (tertiary/aromatic N) is 5. The molecule has 0 unspecified atom stereocenters. The molecule has 6 heteroatoms. The molecule has 26 heavy (non-hydrogen) atoms. The molecule has 0 amide bonds. The lowest BCUT2D eigenvalue weighted by atomic mass is 9.98. The summed E-state index contributed by atoms with van der Waals surface area (Å²) in [6.45, 7) is 8.19. The van der Waals surface area contributed by atoms with Crippen LogP contribution < -0.4 is 0 Å². The first-order valence-electron chi connectivity index (χ1n) is 9.36. The standard InChI is InChI=1S/C20H26N6/c1-15-5-7-18(8-6-15)19-13-26(24-23-19)12-17-4-3-9-25(11-17)14-20-21-10-16(2)22-20/h5-8,10,13,17H,3-4,9,11-12,14H2,1-2H3,(H,21,22)/t17-/m0/s1. The first-order chi connectivity index (χ1) is 12.7. The number of hydrogen-bond acceptors (Lipinski definition) is 4. The van der Waals surface area contributed by atoms with Crippen LogP contribution in [-0.2, 0) is 13.1 Å². The van der Waals surface area contributed by atoms with Gasteiger partial charge >= 0.3 is 0 Å². The fourth-order valence-corrected chi connectivity index (χ4v) is 3.71. The summed E-state index contributed by atoms with van der Waals surface area (Å²) in [4.78, 5) is 10.3. The smallest absolute Gasteiger partial charge is 0.120 e. The Labute approximate surface area is 154 Å². The molecular weight excluding hydrogens is 324 g/mol. The number of benzene rings is 1. The molecule has 0 saturated carbocycles. The van der Waals surface area contributed by atoms with Crippen LogP contribution in [0.5, 0.6) is 0 Å². The predicted octanol–water partition coefficient (Wildman–Crippen LogP) is 3.20. The minimum atomic E-state index is 0.604. The lowest BCUT2D eigenvalue weighted by Crippen LogP contribution is -2.36. The van der Waals surface area contributed by atoms with E-state index in [9.17, 15) is 0 Å². The van der Waals surface area contributed by atoms with Gasteiger partial charge in [-0.05, 0) is 39.2 Å². The van der Waals surface area contributed by atoms with Crippen molar-refractivity contribution >= 4 is 0 Å². The maximum atomic E-state index is 4.44. The summed E-state index contributed by atoms with van der Waals surface area (Å²) in [5, 5.41) is 8.71. The van der Waals surface area contributed by atoms with Crippen LogP contribution in [-0.4, -0.2) is 43.0 Å². The first-order valence-corrected chi connectivity index (χ1v) is 9.36. The van der Waals surface area contributed by atoms with E-state index in [0.29, 0.717) is 5.92 Å². The van der Waals surface area contributed by atoms with Gasteiger partial charge in [-0.15, -0.1) is 5.10 Å². The van der Waals surface area contributed by atoms with Crippen molar-refractivity contribution in [3.8, 4) is 11.3 Å². The summed E-state index contributed by atoms with van der Waals surface area (Å²) >= 11 is 0. The number of hydrogen-bond donors (Lipinski definition) is 1. The van der Waals surface area contributed by atoms with E-state index >= 15 is 0 Å². The third-order valence-corrected chi connectivity index (χ3v) is 5.06. The van der Waals surface area contributed by atoms with Crippen LogP contribution in [0, 0.1) is 19.8 Å². The van der Waals surface area contributed by atoms with Gasteiger partial charge < -0.3 is 4.98 Å². The van der Waals surface area contributed by atoms with Crippen LogP contribution in [0.1, 0.15) is 29.9 Å². The molecule has 136 valence electrons. The van der Waals surface area contributed by atoms with E-state index in [1.165, 1.54) is 18.4 Å². The predicted molar refractivity (Wildman–Crippen MR) is 102 cm³/mol. The molecule has 0 bridgehead atoms. The molecule has 1 aromatic carbocycles. The zero-order valence-electron chi connectivity index (χ0n) is 15.5. The topological polar surface area (TPSA) is 62.6 Å². The molecule has 3 heterocycles. The molecule has 1 atom stereocenters. The average Bonchev–Trinajstić information content (AvgIpc) is 3.25. The summed E-state index contributed by atoms with van der Waals surface area (Å²) in [5.74, 6) is 1.66. The number of H-pyrrole nitrogens is 1. The molecule has 1 saturated heterocycles. The Morgan fingerprint density at radius 2 is 2.04 bits per heavy atom. The van der Waals surface area contributed by atoms with Gasteiger partial charge in [0.2, 0.25) is 0 Å². The van der Waals surface area contributed by atoms with Crippen molar-refractivity contribution in [2.75, 3.05) is 13.1 Å². The van der Waals surface area contributed by atoms with E-state index in [4.69, 9.17) is 0 Å². The molecule has 0 spiro atoms. The molecule has 0 aliphatic carbocycles. The Morgan fingerprint density at radius 3 is 2.81 bits per heavy atom. The van der Waals surface area contributed by atoms with Crippen molar-refractivity contribution in [3.63, 3.8) is 0 Å². The Kier molecular flexibility index (Phi) is 4.84. The lowest BCUT2D eigenvalue weighted by Gasteiger charge is -2.31. The van der Waals surface area contributed by atoms with Crippen molar-refractivity contribution in [1.82, 2.24) is 29.9 Å². The van der Waals surface area contributed by atoms with Crippen molar-refractivity contribution in [2.24, 2.45) is 5.92 Å². The Morgan fingerprint density at radius 1 is 1.19 bits per heavy atom. The van der Waals surface area contributed by atoms with Crippen LogP contribution in [0.3, 0.4) is 0 Å². The van der Waals surface area contributed by atoms with Crippen LogP contribution in [0.4, 0.5) is 0 Å². The van der Waals surface area contributed by atoms with Crippen LogP contribution in [0.25, 0.3) is 11.3 Å². The maximum Gasteiger partial charge on any atom is 0.120 e. The van der Waals surface area contributed by atoms with E-state index in [-0.39, 0.29) is 0 Å². The highest BCUT2D eigenvalue weighted by molar-refractivity contribution is 5.57. The molecule has 0 radical (unpaired) electrons. The summed E-state index contributed by atoms with van der Waals surface area (Å²) in [7, 11) is 0. The second-order valence-corrected chi connectivity index (χ2v) is 7.45. The molecule has 6 nitrogen and oxygen atoms in total. The highest BCUT2D eigenvalue weighted by atomic mass is 15.4. The molecule has 1 aliphatic heterocycles. The lowest BCUT2D eigenvalue weighted by molar-refractivity contribution is 0.150. The van der Waals surface area contributed by atoms with Gasteiger partial charge in [-0.3, -0.25) is 9.58 Å². The number of aryl methyl sites for hydroxylation is 2. The van der Waals surface area contributed by atoms with Crippen molar-refractivity contribution in [3.05, 3.63) is 53.7 Å². The second kappa shape index (κ2) is 7.41. The zero-order chi connectivity index (χ0) is 17.9. The average molecular weight is 350 g/mol. The van der Waals surface area contributed by atoms with E-state index < -0.39 is 0 Å². The van der Waals surface area contributed by atoms with Gasteiger partial charge in [0, 0.05) is 30.5 Å². The summed E-state index contributed by atoms with van der Waals surface area (Å²) in [6, 6.07) is 8.45. The minimum absolute atomic E-state index is 0.604. The van der Waals surface area contributed by atoms with Crippen LogP contribution >= 0.6 is 0 Å². The SMILES string of the molecule is Cc1ccc(-c2cn(C[C@H]3CCCN(Cc4ncc(C)[nH]4)C3)nn2)cc1. The van der Waals surface area contributed by atoms with E-state index in [0.717, 1.165) is 49.0 Å². The molecule has 1 N–H and O–H groups in total. The quantitative estimate of drug-likeness (QED) is 0.767. The molecule has 4 rings (SSSR count). The fourth-order valence-electron chi connectivity index (χ4n) is 3.71. The Balaban J connectivity index is 1.37. The van der Waals surface area contributed by atoms with Crippen LogP contribution in [0.2, 0.25) is 0 Å². The Hall–Kier alpha value is -2.47. The summed E-state index contributed by atoms with van der Waals surface area (Å²) in [5.41, 5.74) is 4.46. The first kappa shape index (κ1) is 17.0. The molecule has 1 aliphatic rings. The van der Waals surface area contributed by atoms with Gasteiger partial charge in [-0.1, -0.05) is 35.0 Å². The summed E-state index contributed by atoms with van der Waals surface area (Å²) < 4.78 is 2.00. The second-order valence-electron chi connectivity index (χ2n) is 7.45. The van der Waals surface area contributed by atoms with Gasteiger partial charge in [-0.2, -0.15) is 0 Å². The van der Waals surface area contributed by atoms with Gasteiger partial charge in [-0.25, -0.2) is 4.98 Å². The summed E-state index contributed by atoms with van der Waals surface area (Å²) in [6.07, 6.45) is 6.44. The Bertz CT molecular complexity index is 847. The van der Waals surface area contributed by atoms with E-state index in [1.54, 1.807) is 0 Å². The van der Waals surface area contributed by atoms with E-state index in [1.807, 2.05) is 17.8 Å². The van der Waals surface area contributed by atoms with Gasteiger partial charge in [0.25, 0.3) is 0 Å². The highest BCUT2D eigenvalue weighted by Crippen LogP contribution is 2.21. The van der Waals surface area contributed by atoms with Gasteiger partial charge in [0.1, 0.15) is 11.5 Å². The number of piperidine rings is 1. The number of imidazole rings is 1. The molecule has 2 aromatic heterocycles. The third-order valence-electron chi connectivity index (χ3n) is 5.06. The van der Waals surface area contributed by atoms with Crippen molar-refractivity contribution in [2.45, 2.75) is 39.8 Å². The number of nitrogens with one attached hydrogen (secondary N) is 1. The maximum absolute atomic E-state index is 4.44. The fraction of sp³-hybridized carbons (Fsp3) is 0.450. The number of aromatic nitrogens is 5. The zero-order valence-corrected chi connectivity index (χ0v) is 15.5. The third kappa shape index (κ3) is 4.02. The van der Waals surface area contributed by atoms with Crippen molar-refractivity contribution < 1.29 is 0 Å². The molecule has 3 aromatic rings. The normalized spacial score (nSPS) is 18.3.